The van der Waals surface area contributed by atoms with Crippen LogP contribution in [0.1, 0.15) is 57.8 Å². The summed E-state index contributed by atoms with van der Waals surface area (Å²) >= 11 is 0. The van der Waals surface area contributed by atoms with Gasteiger partial charge in [-0.25, -0.2) is 0 Å². The zero-order chi connectivity index (χ0) is 11.6. The van der Waals surface area contributed by atoms with Crippen LogP contribution in [0.15, 0.2) is 0 Å². The molecule has 3 heteroatoms. The van der Waals surface area contributed by atoms with Gasteiger partial charge in [0.2, 0.25) is 5.91 Å². The maximum Gasteiger partial charge on any atom is 0.219 e. The quantitative estimate of drug-likeness (QED) is 0.561. The molecule has 1 amide bonds. The molecule has 0 aromatic rings. The van der Waals surface area contributed by atoms with E-state index >= 15 is 0 Å². The van der Waals surface area contributed by atoms with Crippen molar-refractivity contribution in [3.05, 3.63) is 0 Å². The molecule has 3 N–H and O–H groups in total. The Morgan fingerprint density at radius 3 is 2.56 bits per heavy atom. The smallest absolute Gasteiger partial charge is 0.219 e. The molecule has 0 bridgehead atoms. The van der Waals surface area contributed by atoms with Gasteiger partial charge in [0, 0.05) is 13.0 Å². The summed E-state index contributed by atoms with van der Waals surface area (Å²) in [6, 6.07) is 0. The van der Waals surface area contributed by atoms with Crippen molar-refractivity contribution in [1.29, 1.82) is 0 Å². The van der Waals surface area contributed by atoms with Gasteiger partial charge in [0.15, 0.2) is 0 Å². The van der Waals surface area contributed by atoms with E-state index in [1.807, 2.05) is 0 Å². The Hall–Kier alpha value is -0.570. The molecule has 3 nitrogen and oxygen atoms in total. The number of nitrogens with one attached hydrogen (secondary N) is 1. The number of amides is 1. The first-order chi connectivity index (χ1) is 7.83. The second kappa shape index (κ2) is 8.57. The van der Waals surface area contributed by atoms with Crippen LogP contribution in [0.2, 0.25) is 0 Å². The third-order valence-corrected chi connectivity index (χ3v) is 3.17. The molecule has 0 heterocycles. The van der Waals surface area contributed by atoms with Gasteiger partial charge in [-0.3, -0.25) is 4.79 Å². The van der Waals surface area contributed by atoms with Gasteiger partial charge in [-0.1, -0.05) is 25.7 Å². The molecule has 1 aliphatic rings. The van der Waals surface area contributed by atoms with Crippen molar-refractivity contribution in [3.63, 3.8) is 0 Å². The number of unbranched alkanes of at least 4 members (excludes halogenated alkanes) is 3. The Kier molecular flexibility index (Phi) is 7.23. The fourth-order valence-corrected chi connectivity index (χ4v) is 1.90. The predicted octanol–water partition coefficient (Wildman–Crippen LogP) is 2.20. The summed E-state index contributed by atoms with van der Waals surface area (Å²) in [5.41, 5.74) is 5.40. The number of carbonyl (C=O) groups is 1. The van der Waals surface area contributed by atoms with Crippen molar-refractivity contribution < 1.29 is 4.79 Å². The topological polar surface area (TPSA) is 55.1 Å². The van der Waals surface area contributed by atoms with E-state index in [0.29, 0.717) is 6.42 Å². The summed E-state index contributed by atoms with van der Waals surface area (Å²) in [7, 11) is 0. The molecule has 0 radical (unpaired) electrons. The van der Waals surface area contributed by atoms with E-state index in [0.717, 1.165) is 51.1 Å². The van der Waals surface area contributed by atoms with Crippen molar-refractivity contribution in [3.8, 4) is 0 Å². The first-order valence-corrected chi connectivity index (χ1v) is 6.79. The van der Waals surface area contributed by atoms with Crippen molar-refractivity contribution in [2.24, 2.45) is 11.7 Å². The van der Waals surface area contributed by atoms with Crippen LogP contribution in [0.5, 0.6) is 0 Å². The van der Waals surface area contributed by atoms with Crippen LogP contribution in [0, 0.1) is 5.92 Å². The SMILES string of the molecule is NCCCCCCC(=O)NCCCC1CC1. The lowest BCUT2D eigenvalue weighted by Crippen LogP contribution is -2.24. The molecule has 1 saturated carbocycles. The highest BCUT2D eigenvalue weighted by Gasteiger charge is 2.19. The molecule has 0 atom stereocenters. The molecule has 94 valence electrons. The largest absolute Gasteiger partial charge is 0.356 e. The maximum absolute atomic E-state index is 11.4. The lowest BCUT2D eigenvalue weighted by molar-refractivity contribution is -0.121. The van der Waals surface area contributed by atoms with Gasteiger partial charge >= 0.3 is 0 Å². The predicted molar refractivity (Wildman–Crippen MR) is 67.1 cm³/mol. The van der Waals surface area contributed by atoms with Gasteiger partial charge in [-0.05, 0) is 38.1 Å². The molecular weight excluding hydrogens is 200 g/mol. The first-order valence-electron chi connectivity index (χ1n) is 6.79. The lowest BCUT2D eigenvalue weighted by Gasteiger charge is -2.04. The molecule has 0 unspecified atom stereocenters. The summed E-state index contributed by atoms with van der Waals surface area (Å²) in [6.45, 7) is 1.64. The third-order valence-electron chi connectivity index (χ3n) is 3.17. The van der Waals surface area contributed by atoms with Crippen molar-refractivity contribution in [1.82, 2.24) is 5.32 Å². The van der Waals surface area contributed by atoms with Gasteiger partial charge < -0.3 is 11.1 Å². The molecule has 0 saturated heterocycles. The van der Waals surface area contributed by atoms with Crippen LogP contribution in [-0.4, -0.2) is 19.0 Å². The summed E-state index contributed by atoms with van der Waals surface area (Å²) in [6.07, 6.45) is 10.4. The lowest BCUT2D eigenvalue weighted by atomic mass is 10.1. The zero-order valence-corrected chi connectivity index (χ0v) is 10.3. The van der Waals surface area contributed by atoms with Crippen molar-refractivity contribution in [2.75, 3.05) is 13.1 Å². The number of carbonyl (C=O) groups excluding carboxylic acids is 1. The monoisotopic (exact) mass is 226 g/mol. The Morgan fingerprint density at radius 1 is 1.12 bits per heavy atom. The van der Waals surface area contributed by atoms with E-state index in [2.05, 4.69) is 5.32 Å². The Bertz CT molecular complexity index is 190. The van der Waals surface area contributed by atoms with E-state index < -0.39 is 0 Å². The van der Waals surface area contributed by atoms with E-state index in [9.17, 15) is 4.79 Å². The highest BCUT2D eigenvalue weighted by molar-refractivity contribution is 5.75. The van der Waals surface area contributed by atoms with Crippen LogP contribution in [-0.2, 0) is 4.79 Å². The third kappa shape index (κ3) is 7.69. The molecule has 0 spiro atoms. The summed E-state index contributed by atoms with van der Waals surface area (Å²) in [5.74, 6) is 1.21. The van der Waals surface area contributed by atoms with Gasteiger partial charge in [0.25, 0.3) is 0 Å². The normalized spacial score (nSPS) is 15.1. The van der Waals surface area contributed by atoms with Gasteiger partial charge in [0.1, 0.15) is 0 Å². The highest BCUT2D eigenvalue weighted by Crippen LogP contribution is 2.33. The van der Waals surface area contributed by atoms with Crippen LogP contribution < -0.4 is 11.1 Å². The van der Waals surface area contributed by atoms with E-state index in [4.69, 9.17) is 5.73 Å². The van der Waals surface area contributed by atoms with Crippen molar-refractivity contribution >= 4 is 5.91 Å². The summed E-state index contributed by atoms with van der Waals surface area (Å²) in [4.78, 5) is 11.4. The molecule has 1 fully saturated rings. The summed E-state index contributed by atoms with van der Waals surface area (Å²) in [5, 5.41) is 2.99. The Labute approximate surface area is 99.2 Å². The van der Waals surface area contributed by atoms with E-state index in [1.54, 1.807) is 0 Å². The minimum Gasteiger partial charge on any atom is -0.356 e. The first kappa shape index (κ1) is 13.5. The molecule has 1 rings (SSSR count). The number of hydrogen-bond donors (Lipinski definition) is 2. The highest BCUT2D eigenvalue weighted by atomic mass is 16.1. The molecule has 0 aromatic heterocycles. The van der Waals surface area contributed by atoms with E-state index in [-0.39, 0.29) is 5.91 Å². The average Bonchev–Trinajstić information content (AvgIpc) is 3.08. The zero-order valence-electron chi connectivity index (χ0n) is 10.3. The Balaban J connectivity index is 1.78. The van der Waals surface area contributed by atoms with Crippen LogP contribution >= 0.6 is 0 Å². The Morgan fingerprint density at radius 2 is 1.88 bits per heavy atom. The standard InChI is InChI=1S/C13H26N2O/c14-10-4-2-1-3-7-13(16)15-11-5-6-12-8-9-12/h12H,1-11,14H2,(H,15,16). The van der Waals surface area contributed by atoms with Crippen LogP contribution in [0.4, 0.5) is 0 Å². The second-order valence-electron chi connectivity index (χ2n) is 4.89. The number of rotatable bonds is 10. The molecule has 1 aliphatic carbocycles. The second-order valence-corrected chi connectivity index (χ2v) is 4.89. The van der Waals surface area contributed by atoms with Gasteiger partial charge in [0.05, 0.1) is 0 Å². The molecule has 0 aromatic carbocycles. The fourth-order valence-electron chi connectivity index (χ4n) is 1.90. The van der Waals surface area contributed by atoms with Gasteiger partial charge in [-0.15, -0.1) is 0 Å². The average molecular weight is 226 g/mol. The maximum atomic E-state index is 11.4. The minimum atomic E-state index is 0.226. The van der Waals surface area contributed by atoms with Gasteiger partial charge in [-0.2, -0.15) is 0 Å². The molecule has 16 heavy (non-hydrogen) atoms. The number of hydrogen-bond acceptors (Lipinski definition) is 2. The van der Waals surface area contributed by atoms with Crippen molar-refractivity contribution in [2.45, 2.75) is 57.8 Å². The van der Waals surface area contributed by atoms with Crippen LogP contribution in [0.25, 0.3) is 0 Å². The summed E-state index contributed by atoms with van der Waals surface area (Å²) < 4.78 is 0. The molecular formula is C13H26N2O. The number of nitrogens with two attached hydrogens (primary N) is 1. The minimum absolute atomic E-state index is 0.226. The molecule has 0 aliphatic heterocycles. The van der Waals surface area contributed by atoms with Crippen LogP contribution in [0.3, 0.4) is 0 Å². The fraction of sp³-hybridized carbons (Fsp3) is 0.923. The van der Waals surface area contributed by atoms with E-state index in [1.165, 1.54) is 19.3 Å².